The minimum atomic E-state index is -0.794. The van der Waals surface area contributed by atoms with Crippen LogP contribution in [0.3, 0.4) is 0 Å². The molecule has 69 heavy (non-hydrogen) atoms. The molecule has 0 heterocycles. The Bertz CT molecular complexity index is 1250. The first kappa shape index (κ1) is 66.1. The quantitative estimate of drug-likeness (QED) is 0.0262. The third-order valence-electron chi connectivity index (χ3n) is 13.0. The second-order valence-corrected chi connectivity index (χ2v) is 19.9. The van der Waals surface area contributed by atoms with Gasteiger partial charge >= 0.3 is 17.9 Å². The molecule has 1 atom stereocenters. The van der Waals surface area contributed by atoms with Crippen molar-refractivity contribution in [2.24, 2.45) is 0 Å². The van der Waals surface area contributed by atoms with Crippen molar-refractivity contribution in [2.45, 2.75) is 309 Å². The van der Waals surface area contributed by atoms with E-state index in [0.717, 1.165) is 64.2 Å². The number of esters is 3. The second-order valence-electron chi connectivity index (χ2n) is 19.9. The van der Waals surface area contributed by atoms with Gasteiger partial charge < -0.3 is 14.2 Å². The predicted molar refractivity (Wildman–Crippen MR) is 298 cm³/mol. The number of carbonyl (C=O) groups is 3. The molecule has 0 radical (unpaired) electrons. The van der Waals surface area contributed by atoms with Crippen molar-refractivity contribution in [3.8, 4) is 0 Å². The van der Waals surface area contributed by atoms with Crippen molar-refractivity contribution in [3.05, 3.63) is 60.8 Å². The Morgan fingerprint density at radius 1 is 0.290 bits per heavy atom. The lowest BCUT2D eigenvalue weighted by molar-refractivity contribution is -0.167. The molecule has 0 rings (SSSR count). The van der Waals surface area contributed by atoms with Crippen LogP contribution in [0.4, 0.5) is 0 Å². The Balaban J connectivity index is 4.40. The minimum Gasteiger partial charge on any atom is -0.462 e. The van der Waals surface area contributed by atoms with Gasteiger partial charge in [-0.3, -0.25) is 14.4 Å². The number of unbranched alkanes of at least 4 members (excludes halogenated alkanes) is 33. The molecule has 0 amide bonds. The molecule has 0 aliphatic heterocycles. The van der Waals surface area contributed by atoms with Gasteiger partial charge in [-0.2, -0.15) is 0 Å². The highest BCUT2D eigenvalue weighted by Crippen LogP contribution is 2.16. The Morgan fingerprint density at radius 3 is 0.913 bits per heavy atom. The Morgan fingerprint density at radius 2 is 0.536 bits per heavy atom. The number of hydrogen-bond acceptors (Lipinski definition) is 6. The van der Waals surface area contributed by atoms with Gasteiger partial charge in [-0.1, -0.05) is 261 Å². The predicted octanol–water partition coefficient (Wildman–Crippen LogP) is 20.0. The summed E-state index contributed by atoms with van der Waals surface area (Å²) < 4.78 is 16.8. The molecule has 0 bridgehead atoms. The molecular weight excluding hydrogens is 853 g/mol. The van der Waals surface area contributed by atoms with E-state index in [0.29, 0.717) is 19.3 Å². The molecule has 0 aliphatic carbocycles. The fraction of sp³-hybridized carbons (Fsp3) is 0.794. The van der Waals surface area contributed by atoms with E-state index in [-0.39, 0.29) is 37.5 Å². The van der Waals surface area contributed by atoms with Gasteiger partial charge in [0, 0.05) is 19.3 Å². The van der Waals surface area contributed by atoms with Gasteiger partial charge in [0.05, 0.1) is 0 Å². The summed E-state index contributed by atoms with van der Waals surface area (Å²) in [4.78, 5) is 38.2. The van der Waals surface area contributed by atoms with Crippen LogP contribution in [0.5, 0.6) is 0 Å². The van der Waals surface area contributed by atoms with E-state index in [2.05, 4.69) is 81.5 Å². The molecule has 0 unspecified atom stereocenters. The molecule has 0 aromatic carbocycles. The van der Waals surface area contributed by atoms with Crippen molar-refractivity contribution in [2.75, 3.05) is 13.2 Å². The highest BCUT2D eigenvalue weighted by atomic mass is 16.6. The molecule has 0 N–H and O–H groups in total. The topological polar surface area (TPSA) is 78.9 Å². The number of hydrogen-bond donors (Lipinski definition) is 0. The summed E-state index contributed by atoms with van der Waals surface area (Å²) in [5.41, 5.74) is 0. The average Bonchev–Trinajstić information content (AvgIpc) is 3.35. The molecule has 0 fully saturated rings. The molecule has 400 valence electrons. The molecule has 6 nitrogen and oxygen atoms in total. The lowest BCUT2D eigenvalue weighted by atomic mass is 10.0. The SMILES string of the molecule is CCCCC/C=C\C/C=C\C/C=C\C/C=C\CCCC(=O)OC[C@H](COC(=O)CCCCCCCCCCCCCCC)OC(=O)CCCCCCCCCCCCC/C=C\CCCCCCCC. The van der Waals surface area contributed by atoms with Crippen molar-refractivity contribution < 1.29 is 28.6 Å². The van der Waals surface area contributed by atoms with Crippen molar-refractivity contribution >= 4 is 17.9 Å². The summed E-state index contributed by atoms with van der Waals surface area (Å²) in [7, 11) is 0. The molecule has 0 saturated heterocycles. The van der Waals surface area contributed by atoms with Gasteiger partial charge in [-0.25, -0.2) is 0 Å². The van der Waals surface area contributed by atoms with Crippen LogP contribution in [-0.4, -0.2) is 37.2 Å². The van der Waals surface area contributed by atoms with Crippen LogP contribution in [-0.2, 0) is 28.6 Å². The third-order valence-corrected chi connectivity index (χ3v) is 13.0. The van der Waals surface area contributed by atoms with Crippen molar-refractivity contribution in [1.82, 2.24) is 0 Å². The van der Waals surface area contributed by atoms with E-state index in [4.69, 9.17) is 14.2 Å². The fourth-order valence-corrected chi connectivity index (χ4v) is 8.49. The van der Waals surface area contributed by atoms with Crippen LogP contribution >= 0.6 is 0 Å². The summed E-state index contributed by atoms with van der Waals surface area (Å²) in [6.45, 7) is 6.59. The van der Waals surface area contributed by atoms with Crippen molar-refractivity contribution in [3.63, 3.8) is 0 Å². The van der Waals surface area contributed by atoms with E-state index in [1.54, 1.807) is 0 Å². The van der Waals surface area contributed by atoms with Crippen LogP contribution in [0.1, 0.15) is 303 Å². The average molecular weight is 966 g/mol. The van der Waals surface area contributed by atoms with Crippen LogP contribution < -0.4 is 0 Å². The zero-order valence-corrected chi connectivity index (χ0v) is 45.8. The Labute approximate surface area is 428 Å². The maximum atomic E-state index is 12.9. The number of allylic oxidation sites excluding steroid dienone is 10. The number of carbonyl (C=O) groups excluding carboxylic acids is 3. The lowest BCUT2D eigenvalue weighted by Crippen LogP contribution is -2.30. The molecule has 0 aromatic rings. The van der Waals surface area contributed by atoms with Gasteiger partial charge in [0.2, 0.25) is 0 Å². The molecule has 0 saturated carbocycles. The van der Waals surface area contributed by atoms with Crippen molar-refractivity contribution in [1.29, 1.82) is 0 Å². The van der Waals surface area contributed by atoms with E-state index in [9.17, 15) is 14.4 Å². The zero-order valence-electron chi connectivity index (χ0n) is 45.8. The molecular formula is C63H112O6. The Kier molecular flexibility index (Phi) is 55.3. The van der Waals surface area contributed by atoms with Crippen LogP contribution in [0.15, 0.2) is 60.8 Å². The maximum absolute atomic E-state index is 12.9. The molecule has 6 heteroatoms. The molecule has 0 aromatic heterocycles. The third kappa shape index (κ3) is 55.9. The van der Waals surface area contributed by atoms with Gasteiger partial charge in [0.15, 0.2) is 6.10 Å². The first-order valence-electron chi connectivity index (χ1n) is 29.8. The van der Waals surface area contributed by atoms with E-state index in [1.165, 1.54) is 193 Å². The summed E-state index contributed by atoms with van der Waals surface area (Å²) >= 11 is 0. The highest BCUT2D eigenvalue weighted by Gasteiger charge is 2.19. The smallest absolute Gasteiger partial charge is 0.306 e. The summed E-state index contributed by atoms with van der Waals surface area (Å²) in [5, 5.41) is 0. The molecule has 0 aliphatic rings. The summed E-state index contributed by atoms with van der Waals surface area (Å²) in [6, 6.07) is 0. The number of rotatable bonds is 54. The maximum Gasteiger partial charge on any atom is 0.306 e. The van der Waals surface area contributed by atoms with E-state index >= 15 is 0 Å². The van der Waals surface area contributed by atoms with E-state index in [1.807, 2.05) is 0 Å². The normalized spacial score (nSPS) is 12.4. The van der Waals surface area contributed by atoms with Gasteiger partial charge in [0.25, 0.3) is 0 Å². The minimum absolute atomic E-state index is 0.0884. The fourth-order valence-electron chi connectivity index (χ4n) is 8.49. The second kappa shape index (κ2) is 57.7. The Hall–Kier alpha value is -2.89. The highest BCUT2D eigenvalue weighted by molar-refractivity contribution is 5.71. The summed E-state index contributed by atoms with van der Waals surface area (Å²) in [6.07, 6.45) is 72.2. The van der Waals surface area contributed by atoms with Crippen LogP contribution in [0, 0.1) is 0 Å². The first-order valence-corrected chi connectivity index (χ1v) is 29.8. The monoisotopic (exact) mass is 965 g/mol. The van der Waals surface area contributed by atoms with Gasteiger partial charge in [-0.15, -0.1) is 0 Å². The standard InChI is InChI=1S/C63H112O6/c1-4-7-10-13-16-19-22-25-27-29-30-31-32-34-36-39-42-45-48-51-54-57-63(66)69-60(58-67-61(64)55-52-49-46-43-40-37-24-21-18-15-12-9-6-3)59-68-62(65)56-53-50-47-44-41-38-35-33-28-26-23-20-17-14-11-8-5-2/h17,20,25-28,35,38,44,47,60H,4-16,18-19,21-24,29-34,36-37,39-43,45-46,48-59H2,1-3H3/b20-17-,27-25-,28-26-,38-35-,47-44-/t60-/m0/s1. The van der Waals surface area contributed by atoms with E-state index < -0.39 is 6.10 Å². The van der Waals surface area contributed by atoms with Gasteiger partial charge in [-0.05, 0) is 83.5 Å². The lowest BCUT2D eigenvalue weighted by Gasteiger charge is -2.18. The molecule has 0 spiro atoms. The first-order chi connectivity index (χ1) is 34.0. The number of ether oxygens (including phenoxy) is 3. The largest absolute Gasteiger partial charge is 0.462 e. The van der Waals surface area contributed by atoms with Crippen LogP contribution in [0.2, 0.25) is 0 Å². The van der Waals surface area contributed by atoms with Crippen LogP contribution in [0.25, 0.3) is 0 Å². The summed E-state index contributed by atoms with van der Waals surface area (Å²) in [5.74, 6) is -0.935. The van der Waals surface area contributed by atoms with Gasteiger partial charge in [0.1, 0.15) is 13.2 Å². The zero-order chi connectivity index (χ0) is 50.0.